The SMILES string of the molecule is CCCC=CCOc1ccsc1. The first-order chi connectivity index (χ1) is 5.93. The highest BCUT2D eigenvalue weighted by atomic mass is 32.1. The number of thiophene rings is 1. The molecular weight excluding hydrogens is 168 g/mol. The first-order valence-corrected chi connectivity index (χ1v) is 5.17. The molecular formula is C10H14OS. The van der Waals surface area contributed by atoms with E-state index in [4.69, 9.17) is 4.74 Å². The molecule has 0 aliphatic carbocycles. The van der Waals surface area contributed by atoms with Crippen molar-refractivity contribution in [3.8, 4) is 5.75 Å². The highest BCUT2D eigenvalue weighted by Gasteiger charge is 1.88. The van der Waals surface area contributed by atoms with Gasteiger partial charge in [-0.25, -0.2) is 0 Å². The van der Waals surface area contributed by atoms with Gasteiger partial charge in [0.1, 0.15) is 12.4 Å². The van der Waals surface area contributed by atoms with E-state index in [1.165, 1.54) is 6.42 Å². The van der Waals surface area contributed by atoms with Crippen molar-refractivity contribution < 1.29 is 4.74 Å². The molecule has 1 heterocycles. The van der Waals surface area contributed by atoms with E-state index in [-0.39, 0.29) is 0 Å². The van der Waals surface area contributed by atoms with E-state index in [0.717, 1.165) is 12.2 Å². The van der Waals surface area contributed by atoms with E-state index in [9.17, 15) is 0 Å². The molecule has 2 heteroatoms. The molecule has 0 atom stereocenters. The Morgan fingerprint density at radius 3 is 3.08 bits per heavy atom. The zero-order valence-corrected chi connectivity index (χ0v) is 8.14. The average molecular weight is 182 g/mol. The van der Waals surface area contributed by atoms with Gasteiger partial charge in [0.05, 0.1) is 0 Å². The Labute approximate surface area is 77.7 Å². The average Bonchev–Trinajstić information content (AvgIpc) is 2.57. The van der Waals surface area contributed by atoms with E-state index < -0.39 is 0 Å². The van der Waals surface area contributed by atoms with E-state index in [1.54, 1.807) is 11.3 Å². The molecule has 0 aliphatic heterocycles. The van der Waals surface area contributed by atoms with Crippen molar-refractivity contribution in [2.24, 2.45) is 0 Å². The van der Waals surface area contributed by atoms with Crippen molar-refractivity contribution in [1.29, 1.82) is 0 Å². The van der Waals surface area contributed by atoms with Crippen molar-refractivity contribution in [1.82, 2.24) is 0 Å². The minimum absolute atomic E-state index is 0.691. The minimum atomic E-state index is 0.691. The first-order valence-electron chi connectivity index (χ1n) is 4.23. The Bertz CT molecular complexity index is 214. The Morgan fingerprint density at radius 1 is 1.50 bits per heavy atom. The summed E-state index contributed by atoms with van der Waals surface area (Å²) in [5, 5.41) is 4.03. The number of allylic oxidation sites excluding steroid dienone is 1. The number of rotatable bonds is 5. The molecule has 0 saturated heterocycles. The highest BCUT2D eigenvalue weighted by molar-refractivity contribution is 7.08. The van der Waals surface area contributed by atoms with Crippen LogP contribution in [0.3, 0.4) is 0 Å². The molecule has 0 saturated carbocycles. The van der Waals surface area contributed by atoms with Crippen LogP contribution in [0.25, 0.3) is 0 Å². The van der Waals surface area contributed by atoms with Crippen LogP contribution in [-0.4, -0.2) is 6.61 Å². The summed E-state index contributed by atoms with van der Waals surface area (Å²) in [6, 6.07) is 1.98. The van der Waals surface area contributed by atoms with Gasteiger partial charge in [-0.2, -0.15) is 0 Å². The maximum atomic E-state index is 5.42. The Hall–Kier alpha value is -0.760. The lowest BCUT2D eigenvalue weighted by Crippen LogP contribution is -1.90. The summed E-state index contributed by atoms with van der Waals surface area (Å²) >= 11 is 1.66. The molecule has 66 valence electrons. The smallest absolute Gasteiger partial charge is 0.130 e. The second-order valence-electron chi connectivity index (χ2n) is 2.53. The predicted octanol–water partition coefficient (Wildman–Crippen LogP) is 3.48. The second kappa shape index (κ2) is 5.84. The van der Waals surface area contributed by atoms with Crippen LogP contribution in [0.15, 0.2) is 29.0 Å². The zero-order chi connectivity index (χ0) is 8.65. The summed E-state index contributed by atoms with van der Waals surface area (Å²) in [5.74, 6) is 0.973. The molecule has 0 fully saturated rings. The lowest BCUT2D eigenvalue weighted by molar-refractivity contribution is 0.364. The fourth-order valence-electron chi connectivity index (χ4n) is 0.831. The fourth-order valence-corrected chi connectivity index (χ4v) is 1.40. The molecule has 1 rings (SSSR count). The van der Waals surface area contributed by atoms with Gasteiger partial charge >= 0.3 is 0 Å². The van der Waals surface area contributed by atoms with Crippen LogP contribution in [0.5, 0.6) is 5.75 Å². The lowest BCUT2D eigenvalue weighted by Gasteiger charge is -1.97. The zero-order valence-electron chi connectivity index (χ0n) is 7.32. The molecule has 0 amide bonds. The summed E-state index contributed by atoms with van der Waals surface area (Å²) in [6.45, 7) is 2.86. The van der Waals surface area contributed by atoms with Crippen molar-refractivity contribution >= 4 is 11.3 Å². The molecule has 0 spiro atoms. The van der Waals surface area contributed by atoms with Crippen LogP contribution >= 0.6 is 11.3 Å². The molecule has 1 aromatic heterocycles. The monoisotopic (exact) mass is 182 g/mol. The van der Waals surface area contributed by atoms with Gasteiger partial charge in [-0.15, -0.1) is 11.3 Å². The standard InChI is InChI=1S/C10H14OS/c1-2-3-4-5-7-11-10-6-8-12-9-10/h4-6,8-9H,2-3,7H2,1H3. The van der Waals surface area contributed by atoms with E-state index in [1.807, 2.05) is 16.8 Å². The predicted molar refractivity (Wildman–Crippen MR) is 53.9 cm³/mol. The van der Waals surface area contributed by atoms with Gasteiger partial charge in [-0.3, -0.25) is 0 Å². The lowest BCUT2D eigenvalue weighted by atomic mass is 10.3. The third kappa shape index (κ3) is 3.58. The van der Waals surface area contributed by atoms with E-state index >= 15 is 0 Å². The Kier molecular flexibility index (Phi) is 4.54. The molecule has 0 unspecified atom stereocenters. The van der Waals surface area contributed by atoms with Gasteiger partial charge in [-0.1, -0.05) is 25.5 Å². The number of hydrogen-bond donors (Lipinski definition) is 0. The Morgan fingerprint density at radius 2 is 2.42 bits per heavy atom. The van der Waals surface area contributed by atoms with Crippen molar-refractivity contribution in [3.05, 3.63) is 29.0 Å². The number of hydrogen-bond acceptors (Lipinski definition) is 2. The highest BCUT2D eigenvalue weighted by Crippen LogP contribution is 2.14. The van der Waals surface area contributed by atoms with Crippen molar-refractivity contribution in [2.45, 2.75) is 19.8 Å². The molecule has 0 radical (unpaired) electrons. The number of unbranched alkanes of at least 4 members (excludes halogenated alkanes) is 1. The van der Waals surface area contributed by atoms with Gasteiger partial charge in [0.25, 0.3) is 0 Å². The van der Waals surface area contributed by atoms with Crippen LogP contribution < -0.4 is 4.74 Å². The summed E-state index contributed by atoms with van der Waals surface area (Å²) in [4.78, 5) is 0. The third-order valence-electron chi connectivity index (χ3n) is 1.46. The summed E-state index contributed by atoms with van der Waals surface area (Å²) in [6.07, 6.45) is 6.58. The molecule has 0 bridgehead atoms. The van der Waals surface area contributed by atoms with Gasteiger partial charge < -0.3 is 4.74 Å². The van der Waals surface area contributed by atoms with Gasteiger partial charge in [-0.05, 0) is 17.9 Å². The van der Waals surface area contributed by atoms with Crippen molar-refractivity contribution in [3.63, 3.8) is 0 Å². The molecule has 1 nitrogen and oxygen atoms in total. The van der Waals surface area contributed by atoms with Gasteiger partial charge in [0.15, 0.2) is 0 Å². The third-order valence-corrected chi connectivity index (χ3v) is 2.12. The van der Waals surface area contributed by atoms with Crippen LogP contribution in [0.1, 0.15) is 19.8 Å². The number of ether oxygens (including phenoxy) is 1. The first kappa shape index (κ1) is 9.33. The van der Waals surface area contributed by atoms with E-state index in [0.29, 0.717) is 6.61 Å². The second-order valence-corrected chi connectivity index (χ2v) is 3.31. The molecule has 12 heavy (non-hydrogen) atoms. The molecule has 0 aliphatic rings. The van der Waals surface area contributed by atoms with Crippen LogP contribution in [0.2, 0.25) is 0 Å². The largest absolute Gasteiger partial charge is 0.489 e. The van der Waals surface area contributed by atoms with E-state index in [2.05, 4.69) is 19.1 Å². The molecule has 0 N–H and O–H groups in total. The maximum absolute atomic E-state index is 5.42. The van der Waals surface area contributed by atoms with Crippen LogP contribution in [-0.2, 0) is 0 Å². The molecule has 0 aromatic carbocycles. The summed E-state index contributed by atoms with van der Waals surface area (Å²) in [5.41, 5.74) is 0. The topological polar surface area (TPSA) is 9.23 Å². The van der Waals surface area contributed by atoms with Gasteiger partial charge in [0.2, 0.25) is 0 Å². The van der Waals surface area contributed by atoms with Crippen LogP contribution in [0.4, 0.5) is 0 Å². The normalized spacial score (nSPS) is 10.8. The van der Waals surface area contributed by atoms with Gasteiger partial charge in [0, 0.05) is 5.38 Å². The molecule has 1 aromatic rings. The minimum Gasteiger partial charge on any atom is -0.489 e. The van der Waals surface area contributed by atoms with Crippen molar-refractivity contribution in [2.75, 3.05) is 6.61 Å². The quantitative estimate of drug-likeness (QED) is 0.633. The Balaban J connectivity index is 2.11. The maximum Gasteiger partial charge on any atom is 0.130 e. The summed E-state index contributed by atoms with van der Waals surface area (Å²) in [7, 11) is 0. The fraction of sp³-hybridized carbons (Fsp3) is 0.400. The van der Waals surface area contributed by atoms with Crippen LogP contribution in [0, 0.1) is 0 Å². The summed E-state index contributed by atoms with van der Waals surface area (Å²) < 4.78 is 5.42.